The number of carbonyl (C=O) groups is 2. The molecule has 8 heteroatoms. The van der Waals surface area contributed by atoms with Gasteiger partial charge in [0.15, 0.2) is 5.66 Å². The molecule has 0 aliphatic carbocycles. The predicted molar refractivity (Wildman–Crippen MR) is 75.3 cm³/mol. The summed E-state index contributed by atoms with van der Waals surface area (Å²) in [6.07, 6.45) is 0.798. The quantitative estimate of drug-likeness (QED) is 0.208. The summed E-state index contributed by atoms with van der Waals surface area (Å²) in [4.78, 5) is 26.5. The molecule has 1 unspecified atom stereocenters. The molecule has 0 heterocycles. The Balaban J connectivity index is 3.89. The van der Waals surface area contributed by atoms with Gasteiger partial charge in [-0.05, 0) is 27.7 Å². The van der Waals surface area contributed by atoms with E-state index in [1.165, 1.54) is 20.4 Å². The summed E-state index contributed by atoms with van der Waals surface area (Å²) in [5.41, 5.74) is 3.77. The molecule has 0 aromatic heterocycles. The highest BCUT2D eigenvalue weighted by atomic mass is 16.6. The van der Waals surface area contributed by atoms with Crippen molar-refractivity contribution in [1.29, 1.82) is 0 Å². The van der Waals surface area contributed by atoms with Crippen molar-refractivity contribution in [3.63, 3.8) is 0 Å². The van der Waals surface area contributed by atoms with Gasteiger partial charge in [-0.25, -0.2) is 9.59 Å². The SMILES string of the molecule is COC(=O)C(C)(N)NC=NCCNC(=O)OC(C)(C)C. The molecule has 0 spiro atoms. The minimum absolute atomic E-state index is 0.312. The molecular formula is C12H24N4O4. The van der Waals surface area contributed by atoms with Crippen LogP contribution in [-0.4, -0.2) is 49.9 Å². The third-order valence-electron chi connectivity index (χ3n) is 1.97. The fourth-order valence-corrected chi connectivity index (χ4v) is 1.05. The van der Waals surface area contributed by atoms with Crippen molar-refractivity contribution in [2.75, 3.05) is 20.2 Å². The average Bonchev–Trinajstić information content (AvgIpc) is 2.30. The first-order chi connectivity index (χ1) is 9.08. The number of nitrogens with zero attached hydrogens (tertiary/aromatic N) is 1. The number of methoxy groups -OCH3 is 1. The lowest BCUT2D eigenvalue weighted by Crippen LogP contribution is -2.57. The van der Waals surface area contributed by atoms with Crippen LogP contribution in [0.4, 0.5) is 4.79 Å². The molecule has 0 aromatic rings. The van der Waals surface area contributed by atoms with Crippen LogP contribution < -0.4 is 16.4 Å². The fourth-order valence-electron chi connectivity index (χ4n) is 1.05. The van der Waals surface area contributed by atoms with Gasteiger partial charge in [-0.2, -0.15) is 0 Å². The van der Waals surface area contributed by atoms with Gasteiger partial charge >= 0.3 is 12.1 Å². The Labute approximate surface area is 119 Å². The Morgan fingerprint density at radius 3 is 2.40 bits per heavy atom. The van der Waals surface area contributed by atoms with Gasteiger partial charge in [0.05, 0.1) is 20.0 Å². The summed E-state index contributed by atoms with van der Waals surface area (Å²) in [7, 11) is 1.25. The van der Waals surface area contributed by atoms with Crippen molar-refractivity contribution in [3.8, 4) is 0 Å². The maximum Gasteiger partial charge on any atom is 0.407 e. The Kier molecular flexibility index (Phi) is 6.98. The minimum Gasteiger partial charge on any atom is -0.466 e. The van der Waals surface area contributed by atoms with Crippen LogP contribution in [0.3, 0.4) is 0 Å². The lowest BCUT2D eigenvalue weighted by molar-refractivity contribution is -0.146. The van der Waals surface area contributed by atoms with Crippen molar-refractivity contribution in [2.24, 2.45) is 10.7 Å². The number of hydrogen-bond acceptors (Lipinski definition) is 6. The largest absolute Gasteiger partial charge is 0.466 e. The van der Waals surface area contributed by atoms with E-state index in [2.05, 4.69) is 20.4 Å². The van der Waals surface area contributed by atoms with Crippen LogP contribution in [0.5, 0.6) is 0 Å². The first-order valence-corrected chi connectivity index (χ1v) is 6.18. The smallest absolute Gasteiger partial charge is 0.407 e. The van der Waals surface area contributed by atoms with Crippen LogP contribution in [0.25, 0.3) is 0 Å². The summed E-state index contributed by atoms with van der Waals surface area (Å²) in [5, 5.41) is 5.15. The zero-order valence-corrected chi connectivity index (χ0v) is 12.6. The molecule has 0 saturated carbocycles. The Hall–Kier alpha value is -1.83. The number of esters is 1. The summed E-state index contributed by atoms with van der Waals surface area (Å²) in [6.45, 7) is 7.44. The molecule has 1 atom stereocenters. The second kappa shape index (κ2) is 7.68. The zero-order chi connectivity index (χ0) is 15.8. The van der Waals surface area contributed by atoms with E-state index >= 15 is 0 Å². The fraction of sp³-hybridized carbons (Fsp3) is 0.750. The molecule has 116 valence electrons. The molecule has 20 heavy (non-hydrogen) atoms. The monoisotopic (exact) mass is 288 g/mol. The van der Waals surface area contributed by atoms with Crippen molar-refractivity contribution >= 4 is 18.4 Å². The van der Waals surface area contributed by atoms with E-state index in [4.69, 9.17) is 10.5 Å². The van der Waals surface area contributed by atoms with Crippen molar-refractivity contribution in [2.45, 2.75) is 39.0 Å². The van der Waals surface area contributed by atoms with Crippen LogP contribution >= 0.6 is 0 Å². The van der Waals surface area contributed by atoms with Crippen molar-refractivity contribution < 1.29 is 19.1 Å². The van der Waals surface area contributed by atoms with Gasteiger partial charge in [0, 0.05) is 6.54 Å². The summed E-state index contributed by atoms with van der Waals surface area (Å²) in [6, 6.07) is 0. The highest BCUT2D eigenvalue weighted by molar-refractivity contribution is 5.82. The standard InChI is InChI=1S/C12H24N4O4/c1-11(2,3)20-10(18)15-7-6-14-8-16-12(4,13)9(17)19-5/h8H,6-7,13H2,1-5H3,(H,14,16)(H,15,18). The van der Waals surface area contributed by atoms with Gasteiger partial charge in [0.2, 0.25) is 0 Å². The number of hydrogen-bond donors (Lipinski definition) is 3. The van der Waals surface area contributed by atoms with Crippen LogP contribution in [0.2, 0.25) is 0 Å². The lowest BCUT2D eigenvalue weighted by Gasteiger charge is -2.21. The summed E-state index contributed by atoms with van der Waals surface area (Å²) in [5.74, 6) is -0.601. The van der Waals surface area contributed by atoms with Gasteiger partial charge in [0.25, 0.3) is 0 Å². The van der Waals surface area contributed by atoms with Gasteiger partial charge in [-0.3, -0.25) is 10.7 Å². The Bertz CT molecular complexity index is 361. The molecule has 4 N–H and O–H groups in total. The maximum absolute atomic E-state index is 11.3. The Morgan fingerprint density at radius 2 is 1.90 bits per heavy atom. The summed E-state index contributed by atoms with van der Waals surface area (Å²) < 4.78 is 9.56. The van der Waals surface area contributed by atoms with E-state index in [0.717, 1.165) is 0 Å². The number of alkyl carbamates (subject to hydrolysis) is 1. The number of amides is 1. The van der Waals surface area contributed by atoms with E-state index in [1.807, 2.05) is 0 Å². The van der Waals surface area contributed by atoms with Crippen molar-refractivity contribution in [3.05, 3.63) is 0 Å². The third-order valence-corrected chi connectivity index (χ3v) is 1.97. The molecular weight excluding hydrogens is 264 g/mol. The third kappa shape index (κ3) is 8.30. The van der Waals surface area contributed by atoms with E-state index in [-0.39, 0.29) is 0 Å². The molecule has 0 fully saturated rings. The van der Waals surface area contributed by atoms with Crippen LogP contribution in [0, 0.1) is 0 Å². The molecule has 0 radical (unpaired) electrons. The van der Waals surface area contributed by atoms with E-state index in [0.29, 0.717) is 13.1 Å². The average molecular weight is 288 g/mol. The summed E-state index contributed by atoms with van der Waals surface area (Å²) >= 11 is 0. The number of ether oxygens (including phenoxy) is 2. The number of nitrogens with one attached hydrogen (secondary N) is 2. The maximum atomic E-state index is 11.3. The molecule has 0 aliphatic rings. The van der Waals surface area contributed by atoms with Crippen molar-refractivity contribution in [1.82, 2.24) is 10.6 Å². The molecule has 0 aromatic carbocycles. The van der Waals surface area contributed by atoms with Crippen LogP contribution in [0.15, 0.2) is 4.99 Å². The van der Waals surface area contributed by atoms with Gasteiger partial charge in [0.1, 0.15) is 5.60 Å². The molecule has 0 aliphatic heterocycles. The lowest BCUT2D eigenvalue weighted by atomic mass is 10.2. The highest BCUT2D eigenvalue weighted by Crippen LogP contribution is 2.05. The van der Waals surface area contributed by atoms with Crippen LogP contribution in [0.1, 0.15) is 27.7 Å². The minimum atomic E-state index is -1.34. The van der Waals surface area contributed by atoms with E-state index < -0.39 is 23.3 Å². The Morgan fingerprint density at radius 1 is 1.30 bits per heavy atom. The van der Waals surface area contributed by atoms with Crippen LogP contribution in [-0.2, 0) is 14.3 Å². The zero-order valence-electron chi connectivity index (χ0n) is 12.6. The molecule has 0 saturated heterocycles. The van der Waals surface area contributed by atoms with Gasteiger partial charge in [-0.15, -0.1) is 0 Å². The molecule has 1 amide bonds. The second-order valence-corrected chi connectivity index (χ2v) is 5.30. The number of nitrogens with two attached hydrogens (primary N) is 1. The number of aliphatic imine (C=N–C) groups is 1. The number of carbonyl (C=O) groups excluding carboxylic acids is 2. The predicted octanol–water partition coefficient (Wildman–Crippen LogP) is -0.0231. The van der Waals surface area contributed by atoms with Gasteiger partial charge in [-0.1, -0.05) is 0 Å². The first-order valence-electron chi connectivity index (χ1n) is 6.18. The normalized spacial score (nSPS) is 14.5. The van der Waals surface area contributed by atoms with E-state index in [9.17, 15) is 9.59 Å². The topological polar surface area (TPSA) is 115 Å². The van der Waals surface area contributed by atoms with E-state index in [1.54, 1.807) is 20.8 Å². The molecule has 8 nitrogen and oxygen atoms in total. The highest BCUT2D eigenvalue weighted by Gasteiger charge is 2.27. The molecule has 0 rings (SSSR count). The first kappa shape index (κ1) is 18.2. The van der Waals surface area contributed by atoms with Gasteiger partial charge < -0.3 is 20.1 Å². The molecule has 0 bridgehead atoms. The number of rotatable bonds is 6. The second-order valence-electron chi connectivity index (χ2n) is 5.30.